The van der Waals surface area contributed by atoms with Gasteiger partial charge in [0.2, 0.25) is 5.91 Å². The molecule has 0 bridgehead atoms. The molecule has 128 valence electrons. The maximum atomic E-state index is 11.5. The van der Waals surface area contributed by atoms with Crippen LogP contribution in [0, 0.1) is 5.92 Å². The SMILES string of the molecule is COCCOc1cccc(CN[C@H]2CCN(C(C)=O)C[C@@H]2C)c1. The Labute approximate surface area is 139 Å². The highest BCUT2D eigenvalue weighted by Crippen LogP contribution is 2.18. The highest BCUT2D eigenvalue weighted by molar-refractivity contribution is 5.73. The number of carbonyl (C=O) groups is 1. The summed E-state index contributed by atoms with van der Waals surface area (Å²) in [4.78, 5) is 13.4. The molecular weight excluding hydrogens is 292 g/mol. The number of carbonyl (C=O) groups excluding carboxylic acids is 1. The Bertz CT molecular complexity index is 507. The fraction of sp³-hybridized carbons (Fsp3) is 0.611. The molecule has 0 unspecified atom stereocenters. The Morgan fingerprint density at radius 2 is 2.22 bits per heavy atom. The van der Waals surface area contributed by atoms with E-state index in [2.05, 4.69) is 24.4 Å². The molecule has 5 heteroatoms. The zero-order chi connectivity index (χ0) is 16.7. The lowest BCUT2D eigenvalue weighted by atomic mass is 9.93. The Balaban J connectivity index is 1.81. The van der Waals surface area contributed by atoms with E-state index in [4.69, 9.17) is 9.47 Å². The van der Waals surface area contributed by atoms with Crippen LogP contribution in [0.2, 0.25) is 0 Å². The van der Waals surface area contributed by atoms with Gasteiger partial charge in [-0.3, -0.25) is 4.79 Å². The highest BCUT2D eigenvalue weighted by Gasteiger charge is 2.26. The van der Waals surface area contributed by atoms with Crippen molar-refractivity contribution >= 4 is 5.91 Å². The van der Waals surface area contributed by atoms with Gasteiger partial charge < -0.3 is 19.7 Å². The molecule has 1 N–H and O–H groups in total. The molecule has 2 rings (SSSR count). The average molecular weight is 320 g/mol. The van der Waals surface area contributed by atoms with Crippen LogP contribution in [0.3, 0.4) is 0 Å². The van der Waals surface area contributed by atoms with Crippen molar-refractivity contribution in [2.75, 3.05) is 33.4 Å². The summed E-state index contributed by atoms with van der Waals surface area (Å²) in [6.45, 7) is 7.51. The molecule has 5 nitrogen and oxygen atoms in total. The van der Waals surface area contributed by atoms with Crippen molar-refractivity contribution in [3.8, 4) is 5.75 Å². The van der Waals surface area contributed by atoms with Crippen molar-refractivity contribution < 1.29 is 14.3 Å². The number of methoxy groups -OCH3 is 1. The molecular formula is C18H28N2O3. The number of rotatable bonds is 7. The minimum atomic E-state index is 0.177. The van der Waals surface area contributed by atoms with Gasteiger partial charge in [-0.25, -0.2) is 0 Å². The Kier molecular flexibility index (Phi) is 6.86. The van der Waals surface area contributed by atoms with Gasteiger partial charge in [-0.15, -0.1) is 0 Å². The highest BCUT2D eigenvalue weighted by atomic mass is 16.5. The predicted molar refractivity (Wildman–Crippen MR) is 90.5 cm³/mol. The summed E-state index contributed by atoms with van der Waals surface area (Å²) in [7, 11) is 1.67. The maximum Gasteiger partial charge on any atom is 0.219 e. The van der Waals surface area contributed by atoms with Crippen LogP contribution in [0.15, 0.2) is 24.3 Å². The van der Waals surface area contributed by atoms with Gasteiger partial charge in [0.05, 0.1) is 6.61 Å². The van der Waals surface area contributed by atoms with Gasteiger partial charge in [-0.05, 0) is 30.0 Å². The second-order valence-electron chi connectivity index (χ2n) is 6.21. The minimum Gasteiger partial charge on any atom is -0.491 e. The molecule has 0 radical (unpaired) electrons. The largest absolute Gasteiger partial charge is 0.491 e. The second-order valence-corrected chi connectivity index (χ2v) is 6.21. The van der Waals surface area contributed by atoms with E-state index in [0.29, 0.717) is 25.2 Å². The lowest BCUT2D eigenvalue weighted by Gasteiger charge is -2.37. The normalized spacial score (nSPS) is 21.3. The van der Waals surface area contributed by atoms with Gasteiger partial charge in [0.25, 0.3) is 0 Å². The second kappa shape index (κ2) is 8.89. The van der Waals surface area contributed by atoms with Crippen molar-refractivity contribution in [1.29, 1.82) is 0 Å². The molecule has 2 atom stereocenters. The number of benzene rings is 1. The summed E-state index contributed by atoms with van der Waals surface area (Å²) in [5.41, 5.74) is 1.21. The number of hydrogen-bond acceptors (Lipinski definition) is 4. The van der Waals surface area contributed by atoms with Crippen LogP contribution < -0.4 is 10.1 Å². The number of piperidine rings is 1. The fourth-order valence-electron chi connectivity index (χ4n) is 2.97. The first-order valence-electron chi connectivity index (χ1n) is 8.29. The number of nitrogens with one attached hydrogen (secondary N) is 1. The number of likely N-dealkylation sites (tertiary alicyclic amines) is 1. The predicted octanol–water partition coefficient (Wildman–Crippen LogP) is 2.06. The molecule has 1 aromatic carbocycles. The molecule has 23 heavy (non-hydrogen) atoms. The standard InChI is InChI=1S/C18H28N2O3/c1-14-13-20(15(2)21)8-7-18(14)19-12-16-5-4-6-17(11-16)23-10-9-22-3/h4-6,11,14,18-19H,7-10,12-13H2,1-3H3/t14-,18-/m0/s1. The van der Waals surface area contributed by atoms with Crippen LogP contribution in [0.4, 0.5) is 0 Å². The molecule has 1 amide bonds. The van der Waals surface area contributed by atoms with E-state index in [0.717, 1.165) is 31.8 Å². The van der Waals surface area contributed by atoms with Crippen LogP contribution in [0.5, 0.6) is 5.75 Å². The van der Waals surface area contributed by atoms with Crippen LogP contribution in [0.1, 0.15) is 25.8 Å². The van der Waals surface area contributed by atoms with Gasteiger partial charge in [0.15, 0.2) is 0 Å². The fourth-order valence-corrected chi connectivity index (χ4v) is 2.97. The van der Waals surface area contributed by atoms with Crippen LogP contribution in [-0.4, -0.2) is 50.3 Å². The van der Waals surface area contributed by atoms with Crippen LogP contribution >= 0.6 is 0 Å². The van der Waals surface area contributed by atoms with E-state index in [1.54, 1.807) is 14.0 Å². The zero-order valence-corrected chi connectivity index (χ0v) is 14.4. The molecule has 1 aliphatic heterocycles. The number of ether oxygens (including phenoxy) is 2. The van der Waals surface area contributed by atoms with Crippen molar-refractivity contribution in [2.24, 2.45) is 5.92 Å². The molecule has 1 saturated heterocycles. The first-order valence-corrected chi connectivity index (χ1v) is 8.29. The van der Waals surface area contributed by atoms with E-state index in [1.165, 1.54) is 5.56 Å². The Hall–Kier alpha value is -1.59. The van der Waals surface area contributed by atoms with Crippen molar-refractivity contribution in [3.05, 3.63) is 29.8 Å². The topological polar surface area (TPSA) is 50.8 Å². The van der Waals surface area contributed by atoms with E-state index in [9.17, 15) is 4.79 Å². The third-order valence-electron chi connectivity index (χ3n) is 4.37. The molecule has 1 aliphatic rings. The third-order valence-corrected chi connectivity index (χ3v) is 4.37. The summed E-state index contributed by atoms with van der Waals surface area (Å²) in [6, 6.07) is 8.60. The van der Waals surface area contributed by atoms with Crippen LogP contribution in [0.25, 0.3) is 0 Å². The third kappa shape index (κ3) is 5.52. The van der Waals surface area contributed by atoms with Gasteiger partial charge in [0.1, 0.15) is 12.4 Å². The minimum absolute atomic E-state index is 0.177. The Morgan fingerprint density at radius 3 is 2.91 bits per heavy atom. The Morgan fingerprint density at radius 1 is 1.39 bits per heavy atom. The van der Waals surface area contributed by atoms with E-state index in [-0.39, 0.29) is 5.91 Å². The molecule has 0 spiro atoms. The van der Waals surface area contributed by atoms with Gasteiger partial charge in [0, 0.05) is 39.7 Å². The first kappa shape index (κ1) is 17.8. The summed E-state index contributed by atoms with van der Waals surface area (Å²) >= 11 is 0. The van der Waals surface area contributed by atoms with Crippen molar-refractivity contribution in [3.63, 3.8) is 0 Å². The molecule has 0 aromatic heterocycles. The molecule has 0 aliphatic carbocycles. The average Bonchev–Trinajstić information content (AvgIpc) is 2.54. The smallest absolute Gasteiger partial charge is 0.219 e. The molecule has 1 heterocycles. The summed E-state index contributed by atoms with van der Waals surface area (Å²) in [5, 5.41) is 3.62. The first-order chi connectivity index (χ1) is 11.1. The van der Waals surface area contributed by atoms with Gasteiger partial charge >= 0.3 is 0 Å². The van der Waals surface area contributed by atoms with E-state index >= 15 is 0 Å². The molecule has 1 fully saturated rings. The lowest BCUT2D eigenvalue weighted by Crippen LogP contribution is -2.49. The lowest BCUT2D eigenvalue weighted by molar-refractivity contribution is -0.130. The van der Waals surface area contributed by atoms with E-state index < -0.39 is 0 Å². The van der Waals surface area contributed by atoms with Crippen molar-refractivity contribution in [1.82, 2.24) is 10.2 Å². The molecule has 1 aromatic rings. The molecule has 0 saturated carbocycles. The monoisotopic (exact) mass is 320 g/mol. The number of hydrogen-bond donors (Lipinski definition) is 1. The summed E-state index contributed by atoms with van der Waals surface area (Å²) in [5.74, 6) is 1.52. The number of nitrogens with zero attached hydrogens (tertiary/aromatic N) is 1. The quantitative estimate of drug-likeness (QED) is 0.781. The van der Waals surface area contributed by atoms with Crippen LogP contribution in [-0.2, 0) is 16.1 Å². The number of amides is 1. The van der Waals surface area contributed by atoms with E-state index in [1.807, 2.05) is 17.0 Å². The summed E-state index contributed by atoms with van der Waals surface area (Å²) < 4.78 is 10.6. The zero-order valence-electron chi connectivity index (χ0n) is 14.4. The van der Waals surface area contributed by atoms with Gasteiger partial charge in [-0.2, -0.15) is 0 Å². The van der Waals surface area contributed by atoms with Crippen molar-refractivity contribution in [2.45, 2.75) is 32.9 Å². The van der Waals surface area contributed by atoms with Gasteiger partial charge in [-0.1, -0.05) is 19.1 Å². The maximum absolute atomic E-state index is 11.5. The summed E-state index contributed by atoms with van der Waals surface area (Å²) in [6.07, 6.45) is 1.00.